The van der Waals surface area contributed by atoms with Crippen molar-refractivity contribution in [3.05, 3.63) is 70.8 Å². The van der Waals surface area contributed by atoms with Gasteiger partial charge < -0.3 is 14.4 Å². The molecule has 0 bridgehead atoms. The highest BCUT2D eigenvalue weighted by Gasteiger charge is 2.29. The van der Waals surface area contributed by atoms with Gasteiger partial charge in [-0.1, -0.05) is 35.9 Å². The van der Waals surface area contributed by atoms with Crippen molar-refractivity contribution in [2.45, 2.75) is 32.1 Å². The highest BCUT2D eigenvalue weighted by atomic mass is 16.5. The van der Waals surface area contributed by atoms with Crippen LogP contribution in [0.3, 0.4) is 0 Å². The molecule has 1 aliphatic carbocycles. The second kappa shape index (κ2) is 10.4. The summed E-state index contributed by atoms with van der Waals surface area (Å²) < 4.78 is 10.6. The third kappa shape index (κ3) is 5.73. The average molecular weight is 408 g/mol. The first-order valence-corrected chi connectivity index (χ1v) is 10.8. The molecule has 0 amide bonds. The number of hydrogen-bond donors (Lipinski definition) is 0. The molecule has 1 saturated carbocycles. The standard InChI is InChI=1S/C26H33NO3/c1-5-30-26(28)22-10-6-8-19(15-22)14-20-12-13-23(18-27(2)3)25(16-20)21-9-7-11-24(17-21)29-4/h6-11,14-15,17,23,25H,5,12-13,16,18H2,1-4H3/b20-14-/t23-,25+/m1/s1. The first-order valence-electron chi connectivity index (χ1n) is 10.8. The van der Waals surface area contributed by atoms with Crippen molar-refractivity contribution < 1.29 is 14.3 Å². The summed E-state index contributed by atoms with van der Waals surface area (Å²) in [5.74, 6) is 1.71. The van der Waals surface area contributed by atoms with Crippen LogP contribution < -0.4 is 4.74 Å². The molecule has 160 valence electrons. The molecule has 4 nitrogen and oxygen atoms in total. The molecule has 0 unspecified atom stereocenters. The fourth-order valence-corrected chi connectivity index (χ4v) is 4.41. The lowest BCUT2D eigenvalue weighted by Gasteiger charge is -2.35. The zero-order valence-corrected chi connectivity index (χ0v) is 18.6. The SMILES string of the molecule is CCOC(=O)c1cccc(/C=C2/CC[C@H](CN(C)C)[C@H](c3cccc(OC)c3)C2)c1. The minimum Gasteiger partial charge on any atom is -0.497 e. The third-order valence-corrected chi connectivity index (χ3v) is 5.78. The molecular weight excluding hydrogens is 374 g/mol. The Labute approximate surface area is 180 Å². The molecule has 0 heterocycles. The number of hydrogen-bond acceptors (Lipinski definition) is 4. The van der Waals surface area contributed by atoms with Crippen LogP contribution in [0.5, 0.6) is 5.75 Å². The summed E-state index contributed by atoms with van der Waals surface area (Å²) in [7, 11) is 6.02. The highest BCUT2D eigenvalue weighted by Crippen LogP contribution is 2.42. The van der Waals surface area contributed by atoms with Crippen molar-refractivity contribution in [1.82, 2.24) is 4.90 Å². The van der Waals surface area contributed by atoms with Crippen molar-refractivity contribution in [3.8, 4) is 5.75 Å². The number of allylic oxidation sites excluding steroid dienone is 1. The van der Waals surface area contributed by atoms with Gasteiger partial charge in [0.05, 0.1) is 19.3 Å². The van der Waals surface area contributed by atoms with Crippen LogP contribution in [-0.2, 0) is 4.74 Å². The van der Waals surface area contributed by atoms with Gasteiger partial charge in [-0.15, -0.1) is 0 Å². The fraction of sp³-hybridized carbons (Fsp3) is 0.423. The van der Waals surface area contributed by atoms with Crippen LogP contribution in [-0.4, -0.2) is 45.2 Å². The summed E-state index contributed by atoms with van der Waals surface area (Å²) >= 11 is 0. The van der Waals surface area contributed by atoms with Gasteiger partial charge in [0, 0.05) is 6.54 Å². The van der Waals surface area contributed by atoms with Gasteiger partial charge in [0.2, 0.25) is 0 Å². The summed E-state index contributed by atoms with van der Waals surface area (Å²) in [5, 5.41) is 0. The molecule has 0 aromatic heterocycles. The summed E-state index contributed by atoms with van der Waals surface area (Å²) in [4.78, 5) is 14.4. The molecule has 1 fully saturated rings. The summed E-state index contributed by atoms with van der Waals surface area (Å²) in [6, 6.07) is 16.2. The van der Waals surface area contributed by atoms with E-state index >= 15 is 0 Å². The zero-order valence-electron chi connectivity index (χ0n) is 18.6. The summed E-state index contributed by atoms with van der Waals surface area (Å²) in [6.07, 6.45) is 5.52. The largest absolute Gasteiger partial charge is 0.497 e. The highest BCUT2D eigenvalue weighted by molar-refractivity contribution is 5.90. The van der Waals surface area contributed by atoms with Crippen molar-refractivity contribution in [1.29, 1.82) is 0 Å². The molecule has 3 rings (SSSR count). The number of nitrogens with zero attached hydrogens (tertiary/aromatic N) is 1. The van der Waals surface area contributed by atoms with E-state index in [1.165, 1.54) is 11.1 Å². The van der Waals surface area contributed by atoms with Gasteiger partial charge in [0.25, 0.3) is 0 Å². The Kier molecular flexibility index (Phi) is 7.69. The molecule has 0 radical (unpaired) electrons. The first-order chi connectivity index (χ1) is 14.5. The van der Waals surface area contributed by atoms with Gasteiger partial charge in [-0.3, -0.25) is 0 Å². The van der Waals surface area contributed by atoms with Gasteiger partial charge >= 0.3 is 5.97 Å². The minimum atomic E-state index is -0.262. The van der Waals surface area contributed by atoms with E-state index < -0.39 is 0 Å². The predicted octanol–water partition coefficient (Wildman–Crippen LogP) is 5.40. The van der Waals surface area contributed by atoms with Crippen LogP contribution in [0, 0.1) is 5.92 Å². The average Bonchev–Trinajstić information content (AvgIpc) is 2.75. The van der Waals surface area contributed by atoms with Crippen molar-refractivity contribution in [2.75, 3.05) is 34.4 Å². The van der Waals surface area contributed by atoms with Gasteiger partial charge in [0.1, 0.15) is 5.75 Å². The van der Waals surface area contributed by atoms with E-state index in [1.807, 2.05) is 31.2 Å². The van der Waals surface area contributed by atoms with Crippen LogP contribution in [0.4, 0.5) is 0 Å². The second-order valence-electron chi connectivity index (χ2n) is 8.30. The molecule has 2 atom stereocenters. The van der Waals surface area contributed by atoms with Crippen LogP contribution >= 0.6 is 0 Å². The third-order valence-electron chi connectivity index (χ3n) is 5.78. The van der Waals surface area contributed by atoms with E-state index in [4.69, 9.17) is 9.47 Å². The summed E-state index contributed by atoms with van der Waals surface area (Å²) in [5.41, 5.74) is 4.44. The minimum absolute atomic E-state index is 0.262. The Balaban J connectivity index is 1.85. The van der Waals surface area contributed by atoms with E-state index in [-0.39, 0.29) is 5.97 Å². The number of methoxy groups -OCH3 is 1. The van der Waals surface area contributed by atoms with Crippen LogP contribution in [0.1, 0.15) is 53.6 Å². The summed E-state index contributed by atoms with van der Waals surface area (Å²) in [6.45, 7) is 3.29. The Morgan fingerprint density at radius 2 is 1.97 bits per heavy atom. The molecule has 0 N–H and O–H groups in total. The topological polar surface area (TPSA) is 38.8 Å². The number of rotatable bonds is 7. The monoisotopic (exact) mass is 407 g/mol. The lowest BCUT2D eigenvalue weighted by molar-refractivity contribution is 0.0526. The normalized spacial score (nSPS) is 20.4. The number of benzene rings is 2. The molecule has 4 heteroatoms. The second-order valence-corrected chi connectivity index (χ2v) is 8.30. The number of carbonyl (C=O) groups excluding carboxylic acids is 1. The lowest BCUT2D eigenvalue weighted by atomic mass is 9.73. The molecule has 0 saturated heterocycles. The molecule has 1 aliphatic rings. The van der Waals surface area contributed by atoms with Crippen LogP contribution in [0.15, 0.2) is 54.1 Å². The van der Waals surface area contributed by atoms with Crippen molar-refractivity contribution >= 4 is 12.0 Å². The molecule has 2 aromatic rings. The Morgan fingerprint density at radius 3 is 2.70 bits per heavy atom. The lowest BCUT2D eigenvalue weighted by Crippen LogP contribution is -2.29. The Hall–Kier alpha value is -2.59. The van der Waals surface area contributed by atoms with Crippen molar-refractivity contribution in [3.63, 3.8) is 0 Å². The Morgan fingerprint density at radius 1 is 1.17 bits per heavy atom. The molecular formula is C26H33NO3. The van der Waals surface area contributed by atoms with E-state index in [0.29, 0.717) is 24.0 Å². The Bertz CT molecular complexity index is 887. The molecule has 0 aliphatic heterocycles. The molecule has 2 aromatic carbocycles. The molecule has 0 spiro atoms. The van der Waals surface area contributed by atoms with E-state index in [2.05, 4.69) is 49.3 Å². The number of carbonyl (C=O) groups is 1. The number of esters is 1. The maximum absolute atomic E-state index is 12.1. The maximum atomic E-state index is 12.1. The van der Waals surface area contributed by atoms with E-state index in [9.17, 15) is 4.79 Å². The first kappa shape index (κ1) is 22.1. The predicted molar refractivity (Wildman–Crippen MR) is 122 cm³/mol. The fourth-order valence-electron chi connectivity index (χ4n) is 4.41. The molecule has 30 heavy (non-hydrogen) atoms. The van der Waals surface area contributed by atoms with Gasteiger partial charge in [-0.2, -0.15) is 0 Å². The van der Waals surface area contributed by atoms with Gasteiger partial charge in [-0.25, -0.2) is 4.79 Å². The smallest absolute Gasteiger partial charge is 0.338 e. The van der Waals surface area contributed by atoms with E-state index in [1.54, 1.807) is 7.11 Å². The van der Waals surface area contributed by atoms with Gasteiger partial charge in [0.15, 0.2) is 0 Å². The van der Waals surface area contributed by atoms with E-state index in [0.717, 1.165) is 37.1 Å². The van der Waals surface area contributed by atoms with Gasteiger partial charge in [-0.05, 0) is 87.5 Å². The quantitative estimate of drug-likeness (QED) is 0.576. The maximum Gasteiger partial charge on any atom is 0.338 e. The van der Waals surface area contributed by atoms with Crippen LogP contribution in [0.2, 0.25) is 0 Å². The number of ether oxygens (including phenoxy) is 2. The van der Waals surface area contributed by atoms with Crippen LogP contribution in [0.25, 0.3) is 6.08 Å². The van der Waals surface area contributed by atoms with Crippen molar-refractivity contribution in [2.24, 2.45) is 5.92 Å². The zero-order chi connectivity index (χ0) is 21.5.